The minimum Gasteiger partial charge on any atom is -0.475 e. The molecular weight excluding hydrogens is 421 g/mol. The normalized spacial score (nSPS) is 20.0. The van der Waals surface area contributed by atoms with Gasteiger partial charge in [0.05, 0.1) is 28.0 Å². The molecule has 2 N–H and O–H groups in total. The van der Waals surface area contributed by atoms with Gasteiger partial charge >= 0.3 is 12.1 Å². The number of rotatable bonds is 3. The highest BCUT2D eigenvalue weighted by atomic mass is 32.1. The van der Waals surface area contributed by atoms with Crippen molar-refractivity contribution >= 4 is 38.6 Å². The number of halogens is 3. The van der Waals surface area contributed by atoms with Gasteiger partial charge < -0.3 is 14.8 Å². The van der Waals surface area contributed by atoms with Crippen LogP contribution in [0.15, 0.2) is 17.6 Å². The maximum atomic E-state index is 10.6. The van der Waals surface area contributed by atoms with E-state index >= 15 is 0 Å². The summed E-state index contributed by atoms with van der Waals surface area (Å²) in [5.74, 6) is -1.59. The molecule has 0 spiro atoms. The lowest BCUT2D eigenvalue weighted by molar-refractivity contribution is -0.192. The molecule has 1 fully saturated rings. The summed E-state index contributed by atoms with van der Waals surface area (Å²) in [6, 6.07) is 4.61. The number of carboxylic acids is 1. The number of carbonyl (C=O) groups is 1. The molecule has 0 aliphatic heterocycles. The van der Waals surface area contributed by atoms with E-state index in [-0.39, 0.29) is 0 Å². The minimum atomic E-state index is -5.08. The SMILES string of the molecule is C[C@@H](O)c1nc2cnc3ccsc3c2n1[C@H]1CC[C@@H](CC#N)C1.O=C(O)C(F)(F)F. The van der Waals surface area contributed by atoms with Gasteiger partial charge in [0.1, 0.15) is 17.4 Å². The number of aliphatic hydroxyl groups excluding tert-OH is 1. The Morgan fingerprint density at radius 3 is 2.73 bits per heavy atom. The molecule has 1 aliphatic rings. The van der Waals surface area contributed by atoms with Gasteiger partial charge in [-0.2, -0.15) is 18.4 Å². The van der Waals surface area contributed by atoms with Crippen molar-refractivity contribution in [1.82, 2.24) is 14.5 Å². The molecule has 4 rings (SSSR count). The third-order valence-corrected chi connectivity index (χ3v) is 5.94. The van der Waals surface area contributed by atoms with E-state index in [1.54, 1.807) is 24.5 Å². The molecule has 3 aromatic rings. The highest BCUT2D eigenvalue weighted by Crippen LogP contribution is 2.41. The first-order chi connectivity index (χ1) is 14.1. The number of carboxylic acid groups (broad SMARTS) is 1. The average Bonchev–Trinajstić information content (AvgIpc) is 3.38. The van der Waals surface area contributed by atoms with Crippen molar-refractivity contribution in [2.45, 2.75) is 50.9 Å². The van der Waals surface area contributed by atoms with Crippen molar-refractivity contribution in [3.05, 3.63) is 23.5 Å². The van der Waals surface area contributed by atoms with Crippen molar-refractivity contribution in [2.75, 3.05) is 0 Å². The first-order valence-electron chi connectivity index (χ1n) is 9.22. The molecule has 0 saturated heterocycles. The van der Waals surface area contributed by atoms with E-state index < -0.39 is 18.2 Å². The highest BCUT2D eigenvalue weighted by Gasteiger charge is 2.38. The number of nitrogens with zero attached hydrogens (tertiary/aromatic N) is 4. The smallest absolute Gasteiger partial charge is 0.475 e. The number of aromatic nitrogens is 3. The lowest BCUT2D eigenvalue weighted by Crippen LogP contribution is -2.21. The predicted molar refractivity (Wildman–Crippen MR) is 104 cm³/mol. The molecule has 7 nitrogen and oxygen atoms in total. The fraction of sp³-hybridized carbons (Fsp3) is 0.474. The first-order valence-corrected chi connectivity index (χ1v) is 10.1. The topological polar surface area (TPSA) is 112 Å². The summed E-state index contributed by atoms with van der Waals surface area (Å²) in [6.45, 7) is 1.76. The maximum Gasteiger partial charge on any atom is 0.490 e. The third-order valence-electron chi connectivity index (χ3n) is 5.03. The zero-order chi connectivity index (χ0) is 22.1. The van der Waals surface area contributed by atoms with Gasteiger partial charge in [0, 0.05) is 12.5 Å². The van der Waals surface area contributed by atoms with Crippen LogP contribution in [0.4, 0.5) is 13.2 Å². The van der Waals surface area contributed by atoms with E-state index in [1.807, 2.05) is 11.4 Å². The van der Waals surface area contributed by atoms with Gasteiger partial charge in [0.2, 0.25) is 0 Å². The van der Waals surface area contributed by atoms with E-state index in [0.717, 1.165) is 40.5 Å². The van der Waals surface area contributed by atoms with Gasteiger partial charge in [-0.3, -0.25) is 4.98 Å². The summed E-state index contributed by atoms with van der Waals surface area (Å²) in [5, 5.41) is 28.3. The standard InChI is InChI=1S/C17H18N4OS.C2HF3O2/c1-10(22)17-20-14-9-19-13-5-7-23-16(13)15(14)21(17)12-3-2-11(8-12)4-6-18;3-2(4,5)1(6)7/h5,7,9-12,22H,2-4,8H2,1H3;(H,6,7)/t10-,11+,12+;/m1./s1. The van der Waals surface area contributed by atoms with E-state index in [9.17, 15) is 18.3 Å². The molecule has 3 atom stereocenters. The Bertz CT molecular complexity index is 1100. The fourth-order valence-electron chi connectivity index (χ4n) is 3.76. The Kier molecular flexibility index (Phi) is 6.28. The Balaban J connectivity index is 0.000000318. The van der Waals surface area contributed by atoms with Crippen LogP contribution >= 0.6 is 11.3 Å². The minimum absolute atomic E-state index is 0.302. The van der Waals surface area contributed by atoms with Crippen LogP contribution in [-0.2, 0) is 4.79 Å². The molecule has 0 unspecified atom stereocenters. The molecule has 1 saturated carbocycles. The van der Waals surface area contributed by atoms with E-state index in [4.69, 9.17) is 15.2 Å². The Morgan fingerprint density at radius 1 is 1.43 bits per heavy atom. The number of fused-ring (bicyclic) bond motifs is 3. The van der Waals surface area contributed by atoms with Crippen LogP contribution in [0.25, 0.3) is 21.3 Å². The van der Waals surface area contributed by atoms with Crippen molar-refractivity contribution in [2.24, 2.45) is 5.92 Å². The molecule has 160 valence electrons. The van der Waals surface area contributed by atoms with Crippen molar-refractivity contribution < 1.29 is 28.2 Å². The summed E-state index contributed by atoms with van der Waals surface area (Å²) in [4.78, 5) is 18.0. The van der Waals surface area contributed by atoms with Gasteiger partial charge in [-0.25, -0.2) is 9.78 Å². The lowest BCUT2D eigenvalue weighted by atomic mass is 10.1. The summed E-state index contributed by atoms with van der Waals surface area (Å²) in [7, 11) is 0. The fourth-order valence-corrected chi connectivity index (χ4v) is 4.65. The van der Waals surface area contributed by atoms with Crippen LogP contribution in [0.3, 0.4) is 0 Å². The summed E-state index contributed by atoms with van der Waals surface area (Å²) in [5.41, 5.74) is 2.91. The zero-order valence-electron chi connectivity index (χ0n) is 15.9. The number of alkyl halides is 3. The number of aliphatic hydroxyl groups is 1. The Labute approximate surface area is 173 Å². The second-order valence-electron chi connectivity index (χ2n) is 7.14. The molecule has 3 heterocycles. The molecule has 0 amide bonds. The second kappa shape index (κ2) is 8.57. The molecular formula is C19H19F3N4O3S. The van der Waals surface area contributed by atoms with Crippen LogP contribution < -0.4 is 0 Å². The number of nitriles is 1. The number of hydrogen-bond donors (Lipinski definition) is 2. The zero-order valence-corrected chi connectivity index (χ0v) is 16.7. The van der Waals surface area contributed by atoms with E-state index in [1.165, 1.54) is 0 Å². The molecule has 0 bridgehead atoms. The summed E-state index contributed by atoms with van der Waals surface area (Å²) in [6.07, 6.45) is -0.207. The van der Waals surface area contributed by atoms with Gasteiger partial charge in [0.25, 0.3) is 0 Å². The highest BCUT2D eigenvalue weighted by molar-refractivity contribution is 7.18. The van der Waals surface area contributed by atoms with Crippen molar-refractivity contribution in [3.8, 4) is 6.07 Å². The van der Waals surface area contributed by atoms with Crippen LogP contribution in [-0.4, -0.2) is 36.9 Å². The van der Waals surface area contributed by atoms with Crippen molar-refractivity contribution in [1.29, 1.82) is 5.26 Å². The number of hydrogen-bond acceptors (Lipinski definition) is 6. The summed E-state index contributed by atoms with van der Waals surface area (Å²) >= 11 is 1.67. The molecule has 11 heteroatoms. The molecule has 30 heavy (non-hydrogen) atoms. The summed E-state index contributed by atoms with van der Waals surface area (Å²) < 4.78 is 35.1. The number of pyridine rings is 1. The molecule has 3 aromatic heterocycles. The van der Waals surface area contributed by atoms with Crippen LogP contribution in [0.2, 0.25) is 0 Å². The Morgan fingerprint density at radius 2 is 2.13 bits per heavy atom. The lowest BCUT2D eigenvalue weighted by Gasteiger charge is -2.18. The number of imidazole rings is 1. The second-order valence-corrected chi connectivity index (χ2v) is 8.06. The van der Waals surface area contributed by atoms with Gasteiger partial charge in [-0.05, 0) is 43.6 Å². The van der Waals surface area contributed by atoms with Crippen molar-refractivity contribution in [3.63, 3.8) is 0 Å². The predicted octanol–water partition coefficient (Wildman–Crippen LogP) is 4.59. The quantitative estimate of drug-likeness (QED) is 0.616. The Hall–Kier alpha value is -2.71. The van der Waals surface area contributed by atoms with Crippen LogP contribution in [0.5, 0.6) is 0 Å². The van der Waals surface area contributed by atoms with Gasteiger partial charge in [-0.1, -0.05) is 0 Å². The molecule has 0 radical (unpaired) electrons. The van der Waals surface area contributed by atoms with Gasteiger partial charge in [-0.15, -0.1) is 11.3 Å². The monoisotopic (exact) mass is 440 g/mol. The number of aliphatic carboxylic acids is 1. The molecule has 0 aromatic carbocycles. The van der Waals surface area contributed by atoms with Crippen LogP contribution in [0, 0.1) is 17.2 Å². The average molecular weight is 440 g/mol. The van der Waals surface area contributed by atoms with Gasteiger partial charge in [0.15, 0.2) is 0 Å². The molecule has 1 aliphatic carbocycles. The van der Waals surface area contributed by atoms with E-state index in [2.05, 4.69) is 20.6 Å². The third kappa shape index (κ3) is 4.39. The van der Waals surface area contributed by atoms with E-state index in [0.29, 0.717) is 24.2 Å². The van der Waals surface area contributed by atoms with Crippen LogP contribution in [0.1, 0.15) is 50.6 Å². The first kappa shape index (κ1) is 22.0. The largest absolute Gasteiger partial charge is 0.490 e. The number of thiophene rings is 1. The maximum absolute atomic E-state index is 10.6.